The third-order valence-corrected chi connectivity index (χ3v) is 5.31. The molecule has 0 unspecified atom stereocenters. The maximum Gasteiger partial charge on any atom is 0.261 e. The van der Waals surface area contributed by atoms with E-state index in [4.69, 9.17) is 4.74 Å². The largest absolute Gasteiger partial charge is 0.378 e. The summed E-state index contributed by atoms with van der Waals surface area (Å²) in [7, 11) is 0. The minimum Gasteiger partial charge on any atom is -0.378 e. The van der Waals surface area contributed by atoms with Gasteiger partial charge in [-0.05, 0) is 49.9 Å². The molecule has 0 bridgehead atoms. The predicted octanol–water partition coefficient (Wildman–Crippen LogP) is 2.04. The molecule has 5 heteroatoms. The lowest BCUT2D eigenvalue weighted by molar-refractivity contribution is 0.0903. The van der Waals surface area contributed by atoms with Gasteiger partial charge >= 0.3 is 0 Å². The van der Waals surface area contributed by atoms with Crippen LogP contribution in [0.1, 0.15) is 34.5 Å². The summed E-state index contributed by atoms with van der Waals surface area (Å²) in [5.41, 5.74) is 1.06. The highest BCUT2D eigenvalue weighted by molar-refractivity contribution is 7.12. The Labute approximate surface area is 124 Å². The van der Waals surface area contributed by atoms with Gasteiger partial charge in [-0.3, -0.25) is 9.69 Å². The number of nitrogens with zero attached hydrogens (tertiary/aromatic N) is 1. The molecule has 0 aliphatic carbocycles. The number of piperidine rings is 1. The molecule has 2 saturated heterocycles. The maximum absolute atomic E-state index is 12.3. The Balaban J connectivity index is 1.64. The zero-order valence-electron chi connectivity index (χ0n) is 11.9. The van der Waals surface area contributed by atoms with Crippen molar-refractivity contribution in [3.8, 4) is 0 Å². The Kier molecular flexibility index (Phi) is 4.38. The van der Waals surface area contributed by atoms with Gasteiger partial charge in [0.2, 0.25) is 0 Å². The molecule has 4 nitrogen and oxygen atoms in total. The van der Waals surface area contributed by atoms with Crippen molar-refractivity contribution in [3.05, 3.63) is 21.9 Å². The van der Waals surface area contributed by atoms with Crippen molar-refractivity contribution in [2.24, 2.45) is 0 Å². The summed E-state index contributed by atoms with van der Waals surface area (Å²) in [6.45, 7) is 5.64. The summed E-state index contributed by atoms with van der Waals surface area (Å²) < 4.78 is 5.62. The summed E-state index contributed by atoms with van der Waals surface area (Å²) >= 11 is 1.51. The lowest BCUT2D eigenvalue weighted by Gasteiger charge is -2.34. The minimum absolute atomic E-state index is 0.0509. The predicted molar refractivity (Wildman–Crippen MR) is 80.3 cm³/mol. The number of thiophene rings is 1. The van der Waals surface area contributed by atoms with Gasteiger partial charge in [0.1, 0.15) is 0 Å². The van der Waals surface area contributed by atoms with E-state index in [2.05, 4.69) is 10.2 Å². The first-order valence-corrected chi connectivity index (χ1v) is 8.30. The molecule has 110 valence electrons. The fraction of sp³-hybridized carbons (Fsp3) is 0.667. The van der Waals surface area contributed by atoms with Gasteiger partial charge in [-0.1, -0.05) is 6.42 Å². The quantitative estimate of drug-likeness (QED) is 0.927. The van der Waals surface area contributed by atoms with Gasteiger partial charge in [-0.2, -0.15) is 0 Å². The molecule has 0 saturated carbocycles. The number of aryl methyl sites for hydroxylation is 1. The first-order chi connectivity index (χ1) is 9.75. The zero-order chi connectivity index (χ0) is 13.9. The van der Waals surface area contributed by atoms with Crippen LogP contribution in [0.4, 0.5) is 0 Å². The van der Waals surface area contributed by atoms with E-state index in [1.807, 2.05) is 18.4 Å². The van der Waals surface area contributed by atoms with E-state index in [0.29, 0.717) is 12.6 Å². The second kappa shape index (κ2) is 6.24. The molecule has 20 heavy (non-hydrogen) atoms. The molecule has 2 atom stereocenters. The third-order valence-electron chi connectivity index (χ3n) is 4.29. The SMILES string of the molecule is Cc1ccsc1C(=O)N[C@@H]1COC[C@H]1N1CCCCC1. The number of likely N-dealkylation sites (tertiary alicyclic amines) is 1. The number of carbonyl (C=O) groups is 1. The average molecular weight is 294 g/mol. The van der Waals surface area contributed by atoms with Crippen LogP contribution >= 0.6 is 11.3 Å². The summed E-state index contributed by atoms with van der Waals surface area (Å²) in [5, 5.41) is 5.14. The normalized spacial score (nSPS) is 27.6. The smallest absolute Gasteiger partial charge is 0.261 e. The van der Waals surface area contributed by atoms with E-state index in [1.165, 1.54) is 30.6 Å². The van der Waals surface area contributed by atoms with Gasteiger partial charge < -0.3 is 10.1 Å². The molecule has 0 spiro atoms. The van der Waals surface area contributed by atoms with Gasteiger partial charge in [0, 0.05) is 0 Å². The Morgan fingerprint density at radius 2 is 2.15 bits per heavy atom. The van der Waals surface area contributed by atoms with Crippen molar-refractivity contribution in [1.29, 1.82) is 0 Å². The monoisotopic (exact) mass is 294 g/mol. The van der Waals surface area contributed by atoms with E-state index >= 15 is 0 Å². The van der Waals surface area contributed by atoms with E-state index in [1.54, 1.807) is 0 Å². The van der Waals surface area contributed by atoms with Crippen molar-refractivity contribution in [3.63, 3.8) is 0 Å². The number of rotatable bonds is 3. The number of amides is 1. The summed E-state index contributed by atoms with van der Waals surface area (Å²) in [5.74, 6) is 0.0509. The van der Waals surface area contributed by atoms with Gasteiger partial charge in [0.05, 0.1) is 30.2 Å². The van der Waals surface area contributed by atoms with Crippen LogP contribution in [-0.2, 0) is 4.74 Å². The Bertz CT molecular complexity index is 468. The highest BCUT2D eigenvalue weighted by atomic mass is 32.1. The minimum atomic E-state index is 0.0509. The Morgan fingerprint density at radius 1 is 1.35 bits per heavy atom. The molecule has 0 aromatic carbocycles. The van der Waals surface area contributed by atoms with Crippen molar-refractivity contribution in [2.75, 3.05) is 26.3 Å². The molecule has 2 aliphatic heterocycles. The van der Waals surface area contributed by atoms with Gasteiger partial charge in [0.25, 0.3) is 5.91 Å². The molecule has 1 amide bonds. The van der Waals surface area contributed by atoms with E-state index in [0.717, 1.165) is 30.1 Å². The van der Waals surface area contributed by atoms with Gasteiger partial charge in [-0.25, -0.2) is 0 Å². The fourth-order valence-electron chi connectivity index (χ4n) is 3.13. The van der Waals surface area contributed by atoms with Crippen molar-refractivity contribution < 1.29 is 9.53 Å². The van der Waals surface area contributed by atoms with Crippen LogP contribution in [0.2, 0.25) is 0 Å². The summed E-state index contributed by atoms with van der Waals surface area (Å²) in [4.78, 5) is 15.7. The first kappa shape index (κ1) is 14.0. The van der Waals surface area contributed by atoms with E-state index in [-0.39, 0.29) is 11.9 Å². The molecule has 3 heterocycles. The first-order valence-electron chi connectivity index (χ1n) is 7.42. The summed E-state index contributed by atoms with van der Waals surface area (Å²) in [6, 6.07) is 2.47. The molecule has 0 radical (unpaired) electrons. The average Bonchev–Trinajstić information content (AvgIpc) is 3.08. The van der Waals surface area contributed by atoms with Crippen LogP contribution in [0.5, 0.6) is 0 Å². The fourth-order valence-corrected chi connectivity index (χ4v) is 3.96. The molecular formula is C15H22N2O2S. The standard InChI is InChI=1S/C15H22N2O2S/c1-11-5-8-20-14(11)15(18)16-12-9-19-10-13(12)17-6-3-2-4-7-17/h5,8,12-13H,2-4,6-7,9-10H2,1H3,(H,16,18)/t12-,13-/m1/s1. The van der Waals surface area contributed by atoms with Crippen LogP contribution in [-0.4, -0.2) is 49.2 Å². The van der Waals surface area contributed by atoms with Crippen molar-refractivity contribution in [2.45, 2.75) is 38.3 Å². The molecule has 2 fully saturated rings. The molecule has 1 aromatic rings. The van der Waals surface area contributed by atoms with Gasteiger partial charge in [-0.15, -0.1) is 11.3 Å². The number of carbonyl (C=O) groups excluding carboxylic acids is 1. The highest BCUT2D eigenvalue weighted by Gasteiger charge is 2.34. The highest BCUT2D eigenvalue weighted by Crippen LogP contribution is 2.20. The van der Waals surface area contributed by atoms with Crippen LogP contribution in [0.15, 0.2) is 11.4 Å². The van der Waals surface area contributed by atoms with Crippen molar-refractivity contribution >= 4 is 17.2 Å². The Hall–Kier alpha value is -0.910. The summed E-state index contributed by atoms with van der Waals surface area (Å²) in [6.07, 6.45) is 3.86. The number of nitrogens with one attached hydrogen (secondary N) is 1. The van der Waals surface area contributed by atoms with E-state index in [9.17, 15) is 4.79 Å². The number of hydrogen-bond acceptors (Lipinski definition) is 4. The van der Waals surface area contributed by atoms with Crippen LogP contribution in [0.3, 0.4) is 0 Å². The lowest BCUT2D eigenvalue weighted by Crippen LogP contribution is -2.52. The molecule has 1 N–H and O–H groups in total. The Morgan fingerprint density at radius 3 is 2.85 bits per heavy atom. The van der Waals surface area contributed by atoms with Crippen LogP contribution < -0.4 is 5.32 Å². The van der Waals surface area contributed by atoms with Crippen molar-refractivity contribution in [1.82, 2.24) is 10.2 Å². The second-order valence-corrected chi connectivity index (χ2v) is 6.63. The molecule has 2 aliphatic rings. The number of hydrogen-bond donors (Lipinski definition) is 1. The van der Waals surface area contributed by atoms with Gasteiger partial charge in [0.15, 0.2) is 0 Å². The zero-order valence-corrected chi connectivity index (χ0v) is 12.7. The lowest BCUT2D eigenvalue weighted by atomic mass is 10.0. The van der Waals surface area contributed by atoms with Crippen LogP contribution in [0.25, 0.3) is 0 Å². The molecule has 3 rings (SSSR count). The topological polar surface area (TPSA) is 41.6 Å². The maximum atomic E-state index is 12.3. The van der Waals surface area contributed by atoms with E-state index < -0.39 is 0 Å². The number of ether oxygens (including phenoxy) is 1. The third kappa shape index (κ3) is 2.90. The van der Waals surface area contributed by atoms with Crippen LogP contribution in [0, 0.1) is 6.92 Å². The molecular weight excluding hydrogens is 272 g/mol. The molecule has 1 aromatic heterocycles. The second-order valence-electron chi connectivity index (χ2n) is 5.71.